The van der Waals surface area contributed by atoms with Gasteiger partial charge in [-0.1, -0.05) is 25.7 Å². The maximum Gasteiger partial charge on any atom is 0.317 e. The molecule has 2 aliphatic rings. The Bertz CT molecular complexity index is 938. The number of nitrogens with zero attached hydrogens (tertiary/aromatic N) is 1. The zero-order chi connectivity index (χ0) is 21.6. The molecule has 0 saturated heterocycles. The van der Waals surface area contributed by atoms with Crippen LogP contribution in [0.4, 0.5) is 4.79 Å². The smallest absolute Gasteiger partial charge is 0.317 e. The third kappa shape index (κ3) is 5.39. The molecule has 2 aromatic rings. The number of aliphatic hydroxyl groups is 1. The zero-order valence-electron chi connectivity index (χ0n) is 18.0. The molecule has 0 unspecified atom stereocenters. The van der Waals surface area contributed by atoms with Gasteiger partial charge in [0.2, 0.25) is 5.56 Å². The molecule has 2 saturated carbocycles. The number of carbonyl (C=O) groups excluding carboxylic acids is 1. The second kappa shape index (κ2) is 10.2. The average molecular weight is 428 g/mol. The molecule has 31 heavy (non-hydrogen) atoms. The lowest BCUT2D eigenvalue weighted by atomic mass is 9.90. The van der Waals surface area contributed by atoms with Crippen LogP contribution in [0.2, 0.25) is 0 Å². The van der Waals surface area contributed by atoms with Crippen LogP contribution in [0.1, 0.15) is 57.8 Å². The first-order valence-electron chi connectivity index (χ1n) is 11.6. The molecule has 2 fully saturated rings. The molecule has 0 bridgehead atoms. The summed E-state index contributed by atoms with van der Waals surface area (Å²) in [4.78, 5) is 29.1. The van der Waals surface area contributed by atoms with E-state index < -0.39 is 6.10 Å². The van der Waals surface area contributed by atoms with Crippen molar-refractivity contribution in [3.63, 3.8) is 0 Å². The number of fused-ring (bicyclic) bond motifs is 1. The fourth-order valence-corrected chi connectivity index (χ4v) is 4.96. The highest BCUT2D eigenvalue weighted by atomic mass is 16.5. The number of aliphatic hydroxyl groups excluding tert-OH is 1. The average Bonchev–Trinajstić information content (AvgIpc) is 3.29. The third-order valence-corrected chi connectivity index (χ3v) is 6.57. The highest BCUT2D eigenvalue weighted by molar-refractivity contribution is 5.79. The number of aromatic nitrogens is 1. The number of urea groups is 1. The molecule has 0 spiro atoms. The third-order valence-electron chi connectivity index (χ3n) is 6.57. The van der Waals surface area contributed by atoms with E-state index in [2.05, 4.69) is 10.3 Å². The summed E-state index contributed by atoms with van der Waals surface area (Å²) in [7, 11) is 0. The summed E-state index contributed by atoms with van der Waals surface area (Å²) in [6, 6.07) is 8.99. The van der Waals surface area contributed by atoms with Gasteiger partial charge in [-0.2, -0.15) is 0 Å². The van der Waals surface area contributed by atoms with Crippen LogP contribution in [0, 0.1) is 0 Å². The minimum Gasteiger partial charge on any atom is -0.494 e. The van der Waals surface area contributed by atoms with Crippen LogP contribution in [0.3, 0.4) is 0 Å². The van der Waals surface area contributed by atoms with E-state index in [1.54, 1.807) is 6.07 Å². The summed E-state index contributed by atoms with van der Waals surface area (Å²) < 4.78 is 5.82. The first-order valence-corrected chi connectivity index (χ1v) is 11.6. The summed E-state index contributed by atoms with van der Waals surface area (Å²) >= 11 is 0. The number of nitrogens with one attached hydrogen (secondary N) is 2. The summed E-state index contributed by atoms with van der Waals surface area (Å²) in [5.41, 5.74) is 0.660. The number of rotatable bonds is 7. The van der Waals surface area contributed by atoms with Crippen molar-refractivity contribution in [2.75, 3.05) is 13.2 Å². The number of H-pyrrole nitrogens is 1. The molecule has 0 aliphatic heterocycles. The van der Waals surface area contributed by atoms with Crippen LogP contribution < -0.4 is 15.6 Å². The minimum atomic E-state index is -0.411. The molecule has 7 nitrogen and oxygen atoms in total. The van der Waals surface area contributed by atoms with Crippen molar-refractivity contribution in [2.45, 2.75) is 76.0 Å². The summed E-state index contributed by atoms with van der Waals surface area (Å²) in [6.07, 6.45) is 8.46. The largest absolute Gasteiger partial charge is 0.494 e. The highest BCUT2D eigenvalue weighted by Gasteiger charge is 2.37. The SMILES string of the molecule is O=C(NCCCOc1ccc2[nH]c(=O)ccc2c1)N(C1CCCC1)[C@H]1CCCC[C@@H]1O. The van der Waals surface area contributed by atoms with Gasteiger partial charge in [-0.25, -0.2) is 4.79 Å². The lowest BCUT2D eigenvalue weighted by molar-refractivity contribution is 0.0202. The van der Waals surface area contributed by atoms with Crippen LogP contribution in [0.25, 0.3) is 10.9 Å². The van der Waals surface area contributed by atoms with Crippen molar-refractivity contribution in [2.24, 2.45) is 0 Å². The number of aromatic amines is 1. The number of amides is 2. The Morgan fingerprint density at radius 3 is 2.68 bits per heavy atom. The van der Waals surface area contributed by atoms with Crippen molar-refractivity contribution in [3.05, 3.63) is 40.7 Å². The van der Waals surface area contributed by atoms with E-state index in [1.807, 2.05) is 23.1 Å². The quantitative estimate of drug-likeness (QED) is 0.589. The van der Waals surface area contributed by atoms with Gasteiger partial charge in [0.25, 0.3) is 0 Å². The van der Waals surface area contributed by atoms with Gasteiger partial charge in [-0.05, 0) is 56.4 Å². The maximum atomic E-state index is 13.0. The minimum absolute atomic E-state index is 0.0486. The Kier molecular flexibility index (Phi) is 7.12. The predicted molar refractivity (Wildman–Crippen MR) is 120 cm³/mol. The van der Waals surface area contributed by atoms with E-state index in [0.29, 0.717) is 19.6 Å². The fraction of sp³-hybridized carbons (Fsp3) is 0.583. The molecule has 2 aliphatic carbocycles. The molecule has 7 heteroatoms. The number of hydrogen-bond acceptors (Lipinski definition) is 4. The van der Waals surface area contributed by atoms with Crippen molar-refractivity contribution >= 4 is 16.9 Å². The van der Waals surface area contributed by atoms with Crippen molar-refractivity contribution < 1.29 is 14.6 Å². The first kappa shape index (κ1) is 21.7. The van der Waals surface area contributed by atoms with Crippen LogP contribution in [0.15, 0.2) is 35.1 Å². The van der Waals surface area contributed by atoms with Gasteiger partial charge < -0.3 is 25.0 Å². The van der Waals surface area contributed by atoms with Gasteiger partial charge in [-0.3, -0.25) is 4.79 Å². The fourth-order valence-electron chi connectivity index (χ4n) is 4.96. The number of ether oxygens (including phenoxy) is 1. The summed E-state index contributed by atoms with van der Waals surface area (Å²) in [5, 5.41) is 14.5. The van der Waals surface area contributed by atoms with Gasteiger partial charge >= 0.3 is 6.03 Å². The van der Waals surface area contributed by atoms with Gasteiger partial charge in [0, 0.05) is 29.6 Å². The van der Waals surface area contributed by atoms with E-state index >= 15 is 0 Å². The molecule has 1 aromatic heterocycles. The van der Waals surface area contributed by atoms with E-state index in [4.69, 9.17) is 4.74 Å². The topological polar surface area (TPSA) is 94.7 Å². The second-order valence-corrected chi connectivity index (χ2v) is 8.77. The lowest BCUT2D eigenvalue weighted by Gasteiger charge is -2.41. The monoisotopic (exact) mass is 427 g/mol. The highest BCUT2D eigenvalue weighted by Crippen LogP contribution is 2.31. The Morgan fingerprint density at radius 2 is 1.87 bits per heavy atom. The predicted octanol–water partition coefficient (Wildman–Crippen LogP) is 3.55. The lowest BCUT2D eigenvalue weighted by Crippen LogP contribution is -2.55. The summed E-state index contributed by atoms with van der Waals surface area (Å²) in [5.74, 6) is 0.740. The molecule has 2 amide bonds. The van der Waals surface area contributed by atoms with E-state index in [1.165, 1.54) is 6.07 Å². The number of hydrogen-bond donors (Lipinski definition) is 3. The Hall–Kier alpha value is -2.54. The molecule has 1 heterocycles. The van der Waals surface area contributed by atoms with E-state index in [9.17, 15) is 14.7 Å². The van der Waals surface area contributed by atoms with Crippen LogP contribution in [-0.4, -0.2) is 52.4 Å². The molecule has 4 rings (SSSR count). The van der Waals surface area contributed by atoms with Crippen LogP contribution in [0.5, 0.6) is 5.75 Å². The van der Waals surface area contributed by atoms with E-state index in [-0.39, 0.29) is 23.7 Å². The van der Waals surface area contributed by atoms with Crippen LogP contribution >= 0.6 is 0 Å². The van der Waals surface area contributed by atoms with Gasteiger partial charge in [0.05, 0.1) is 18.8 Å². The standard InChI is InChI=1S/C24H33N3O4/c28-22-9-4-3-8-21(22)27(18-6-1-2-7-18)24(30)25-14-5-15-31-19-11-12-20-17(16-19)10-13-23(29)26-20/h10-13,16,18,21-22,28H,1-9,14-15H2,(H,25,30)(H,26,29)/t21-,22-/m0/s1. The number of benzene rings is 1. The second-order valence-electron chi connectivity index (χ2n) is 8.77. The molecule has 1 aromatic carbocycles. The van der Waals surface area contributed by atoms with Crippen molar-refractivity contribution in [3.8, 4) is 5.75 Å². The van der Waals surface area contributed by atoms with Crippen molar-refractivity contribution in [1.29, 1.82) is 0 Å². The summed E-state index contributed by atoms with van der Waals surface area (Å²) in [6.45, 7) is 1.02. The molecule has 2 atom stereocenters. The number of pyridine rings is 1. The van der Waals surface area contributed by atoms with Crippen molar-refractivity contribution in [1.82, 2.24) is 15.2 Å². The zero-order valence-corrected chi connectivity index (χ0v) is 18.0. The maximum absolute atomic E-state index is 13.0. The Labute approximate surface area is 182 Å². The molecular weight excluding hydrogens is 394 g/mol. The number of carbonyl (C=O) groups is 1. The molecule has 168 valence electrons. The molecular formula is C24H33N3O4. The van der Waals surface area contributed by atoms with Gasteiger partial charge in [0.1, 0.15) is 5.75 Å². The Morgan fingerprint density at radius 1 is 1.10 bits per heavy atom. The first-order chi connectivity index (χ1) is 15.1. The van der Waals surface area contributed by atoms with E-state index in [0.717, 1.165) is 68.0 Å². The van der Waals surface area contributed by atoms with Crippen LogP contribution in [-0.2, 0) is 0 Å². The normalized spacial score (nSPS) is 21.8. The van der Waals surface area contributed by atoms with Gasteiger partial charge in [0.15, 0.2) is 0 Å². The van der Waals surface area contributed by atoms with Gasteiger partial charge in [-0.15, -0.1) is 0 Å². The Balaban J connectivity index is 1.27. The molecule has 3 N–H and O–H groups in total. The molecule has 0 radical (unpaired) electrons.